The van der Waals surface area contributed by atoms with Gasteiger partial charge in [-0.15, -0.1) is 0 Å². The Bertz CT molecular complexity index is 1470. The summed E-state index contributed by atoms with van der Waals surface area (Å²) in [7, 11) is 0. The molecule has 4 aromatic rings. The number of nitrogens with zero attached hydrogens (tertiary/aromatic N) is 4. The Morgan fingerprint density at radius 1 is 1.22 bits per heavy atom. The maximum Gasteiger partial charge on any atom is 0.358 e. The molecule has 0 unspecified atom stereocenters. The molecular formula is C23H23N5O4. The molecular weight excluding hydrogens is 410 g/mol. The monoisotopic (exact) mass is 433 g/mol. The summed E-state index contributed by atoms with van der Waals surface area (Å²) in [4.78, 5) is 48.5. The number of H-pyrrole nitrogens is 1. The van der Waals surface area contributed by atoms with E-state index in [1.165, 1.54) is 4.52 Å². The van der Waals surface area contributed by atoms with Crippen LogP contribution < -0.4 is 11.2 Å². The minimum Gasteiger partial charge on any atom is -0.420 e. The second kappa shape index (κ2) is 7.74. The van der Waals surface area contributed by atoms with E-state index >= 15 is 0 Å². The number of nitrogens with one attached hydrogen (secondary N) is 1. The standard InChI is InChI=1S/C23H23N5O4/c1-13-14(2)24-20-12-17(26-28(20)22(13)30)18-7-5-11-27(18)21(29)10-9-16-23(31)32-19-8-4-3-6-15(19)25-16/h3-4,6,8,12,18,26H,5,7,9-11H2,1-2H3/t18-/m1/s1. The number of aromatic amines is 1. The van der Waals surface area contributed by atoms with Crippen LogP contribution in [0.25, 0.3) is 16.7 Å². The van der Waals surface area contributed by atoms with E-state index in [4.69, 9.17) is 4.42 Å². The molecule has 0 saturated carbocycles. The fraction of sp³-hybridized carbons (Fsp3) is 0.348. The highest BCUT2D eigenvalue weighted by molar-refractivity contribution is 5.77. The average molecular weight is 433 g/mol. The molecule has 32 heavy (non-hydrogen) atoms. The van der Waals surface area contributed by atoms with Crippen molar-refractivity contribution in [2.24, 2.45) is 0 Å². The topological polar surface area (TPSA) is 114 Å². The Balaban J connectivity index is 1.37. The van der Waals surface area contributed by atoms with E-state index in [1.54, 1.807) is 30.0 Å². The third-order valence-electron chi connectivity index (χ3n) is 6.17. The maximum absolute atomic E-state index is 13.0. The van der Waals surface area contributed by atoms with Gasteiger partial charge in [0.25, 0.3) is 5.56 Å². The Hall–Kier alpha value is -3.75. The fourth-order valence-electron chi connectivity index (χ4n) is 4.31. The van der Waals surface area contributed by atoms with Crippen LogP contribution in [0.3, 0.4) is 0 Å². The van der Waals surface area contributed by atoms with Crippen molar-refractivity contribution in [1.29, 1.82) is 0 Å². The van der Waals surface area contributed by atoms with Crippen LogP contribution >= 0.6 is 0 Å². The lowest BCUT2D eigenvalue weighted by molar-refractivity contribution is -0.132. The van der Waals surface area contributed by atoms with Crippen LogP contribution in [0.5, 0.6) is 0 Å². The number of hydrogen-bond donors (Lipinski definition) is 1. The highest BCUT2D eigenvalue weighted by Gasteiger charge is 2.31. The Kier molecular flexibility index (Phi) is 4.88. The van der Waals surface area contributed by atoms with E-state index in [2.05, 4.69) is 15.1 Å². The van der Waals surface area contributed by atoms with Crippen LogP contribution in [0.4, 0.5) is 0 Å². The van der Waals surface area contributed by atoms with E-state index in [0.717, 1.165) is 18.5 Å². The summed E-state index contributed by atoms with van der Waals surface area (Å²) in [6.07, 6.45) is 2.02. The molecule has 1 N–H and O–H groups in total. The van der Waals surface area contributed by atoms with Crippen molar-refractivity contribution in [2.45, 2.75) is 45.6 Å². The fourth-order valence-corrected chi connectivity index (χ4v) is 4.31. The Labute approximate surface area is 182 Å². The van der Waals surface area contributed by atoms with Gasteiger partial charge in [-0.1, -0.05) is 12.1 Å². The van der Waals surface area contributed by atoms with Gasteiger partial charge in [-0.05, 0) is 38.8 Å². The van der Waals surface area contributed by atoms with Gasteiger partial charge in [0.1, 0.15) is 11.2 Å². The summed E-state index contributed by atoms with van der Waals surface area (Å²) in [6, 6.07) is 8.74. The zero-order valence-electron chi connectivity index (χ0n) is 17.9. The number of carbonyl (C=O) groups excluding carboxylic acids is 1. The van der Waals surface area contributed by atoms with Crippen molar-refractivity contribution < 1.29 is 9.21 Å². The number of carbonyl (C=O) groups is 1. The van der Waals surface area contributed by atoms with Crippen molar-refractivity contribution in [3.8, 4) is 0 Å². The Morgan fingerprint density at radius 3 is 2.88 bits per heavy atom. The lowest BCUT2D eigenvalue weighted by Crippen LogP contribution is -2.31. The van der Waals surface area contributed by atoms with E-state index in [0.29, 0.717) is 34.5 Å². The molecule has 1 atom stereocenters. The number of hydrogen-bond acceptors (Lipinski definition) is 6. The van der Waals surface area contributed by atoms with Crippen molar-refractivity contribution in [3.63, 3.8) is 0 Å². The van der Waals surface area contributed by atoms with E-state index < -0.39 is 5.63 Å². The Morgan fingerprint density at radius 2 is 2.03 bits per heavy atom. The van der Waals surface area contributed by atoms with Crippen LogP contribution in [-0.4, -0.2) is 36.9 Å². The van der Waals surface area contributed by atoms with Crippen molar-refractivity contribution >= 4 is 22.7 Å². The molecule has 4 heterocycles. The number of fused-ring (bicyclic) bond motifs is 2. The number of aryl methyl sites for hydroxylation is 2. The molecule has 0 radical (unpaired) electrons. The van der Waals surface area contributed by atoms with Gasteiger partial charge in [0.15, 0.2) is 11.2 Å². The zero-order chi connectivity index (χ0) is 22.4. The lowest BCUT2D eigenvalue weighted by Gasteiger charge is -2.23. The third-order valence-corrected chi connectivity index (χ3v) is 6.17. The summed E-state index contributed by atoms with van der Waals surface area (Å²) < 4.78 is 6.75. The van der Waals surface area contributed by atoms with Gasteiger partial charge in [0.05, 0.1) is 11.7 Å². The molecule has 1 aromatic carbocycles. The second-order valence-corrected chi connectivity index (χ2v) is 8.19. The third kappa shape index (κ3) is 3.39. The van der Waals surface area contributed by atoms with Crippen LogP contribution in [0.15, 0.2) is 44.3 Å². The summed E-state index contributed by atoms with van der Waals surface area (Å²) in [6.45, 7) is 4.19. The van der Waals surface area contributed by atoms with Gasteiger partial charge in [-0.3, -0.25) is 14.7 Å². The first-order valence-corrected chi connectivity index (χ1v) is 10.7. The van der Waals surface area contributed by atoms with Crippen molar-refractivity contribution in [3.05, 3.63) is 73.8 Å². The summed E-state index contributed by atoms with van der Waals surface area (Å²) in [5.74, 6) is -0.0619. The SMILES string of the molecule is Cc1nc2cc([C@H]3CCCN3C(=O)CCc3nc4ccccc4oc3=O)[nH]n2c(=O)c1C. The molecule has 0 bridgehead atoms. The predicted molar refractivity (Wildman–Crippen MR) is 118 cm³/mol. The van der Waals surface area contributed by atoms with Gasteiger partial charge >= 0.3 is 5.63 Å². The molecule has 1 saturated heterocycles. The number of para-hydroxylation sites is 2. The molecule has 1 amide bonds. The first-order valence-electron chi connectivity index (χ1n) is 10.7. The molecule has 5 rings (SSSR count). The van der Waals surface area contributed by atoms with Crippen LogP contribution in [0.1, 0.15) is 47.9 Å². The van der Waals surface area contributed by atoms with Gasteiger partial charge in [0.2, 0.25) is 5.91 Å². The minimum atomic E-state index is -0.513. The number of amides is 1. The molecule has 1 aliphatic heterocycles. The van der Waals surface area contributed by atoms with Crippen LogP contribution in [0.2, 0.25) is 0 Å². The zero-order valence-corrected chi connectivity index (χ0v) is 17.9. The maximum atomic E-state index is 13.0. The smallest absolute Gasteiger partial charge is 0.358 e. The molecule has 0 spiro atoms. The van der Waals surface area contributed by atoms with Gasteiger partial charge in [-0.25, -0.2) is 19.3 Å². The van der Waals surface area contributed by atoms with E-state index in [1.807, 2.05) is 19.1 Å². The normalized spacial score (nSPS) is 16.3. The van der Waals surface area contributed by atoms with Gasteiger partial charge in [0, 0.05) is 36.7 Å². The average Bonchev–Trinajstić information content (AvgIpc) is 3.43. The minimum absolute atomic E-state index is 0.0619. The highest BCUT2D eigenvalue weighted by atomic mass is 16.4. The lowest BCUT2D eigenvalue weighted by atomic mass is 10.1. The van der Waals surface area contributed by atoms with Gasteiger partial charge < -0.3 is 9.32 Å². The molecule has 1 aliphatic rings. The summed E-state index contributed by atoms with van der Waals surface area (Å²) in [5.41, 5.74) is 3.25. The number of rotatable bonds is 4. The van der Waals surface area contributed by atoms with E-state index in [-0.39, 0.29) is 36.0 Å². The summed E-state index contributed by atoms with van der Waals surface area (Å²) >= 11 is 0. The van der Waals surface area contributed by atoms with Crippen LogP contribution in [-0.2, 0) is 11.2 Å². The highest BCUT2D eigenvalue weighted by Crippen LogP contribution is 2.32. The largest absolute Gasteiger partial charge is 0.420 e. The number of benzene rings is 1. The molecule has 9 nitrogen and oxygen atoms in total. The molecule has 164 valence electrons. The molecule has 3 aromatic heterocycles. The van der Waals surface area contributed by atoms with Crippen LogP contribution in [0, 0.1) is 13.8 Å². The molecule has 1 fully saturated rings. The number of aromatic nitrogens is 4. The summed E-state index contributed by atoms with van der Waals surface area (Å²) in [5, 5.41) is 3.13. The second-order valence-electron chi connectivity index (χ2n) is 8.19. The quantitative estimate of drug-likeness (QED) is 0.529. The number of likely N-dealkylation sites (tertiary alicyclic amines) is 1. The van der Waals surface area contributed by atoms with Gasteiger partial charge in [-0.2, -0.15) is 0 Å². The van der Waals surface area contributed by atoms with Crippen molar-refractivity contribution in [2.75, 3.05) is 6.54 Å². The molecule has 9 heteroatoms. The predicted octanol–water partition coefficient (Wildman–Crippen LogP) is 2.44. The van der Waals surface area contributed by atoms with Crippen molar-refractivity contribution in [1.82, 2.24) is 24.5 Å². The molecule has 0 aliphatic carbocycles. The first-order chi connectivity index (χ1) is 15.4. The van der Waals surface area contributed by atoms with E-state index in [9.17, 15) is 14.4 Å². The first kappa shape index (κ1) is 20.2.